The molecular formula is C14H16F6O. The van der Waals surface area contributed by atoms with Gasteiger partial charge in [-0.3, -0.25) is 0 Å². The van der Waals surface area contributed by atoms with E-state index < -0.39 is 23.5 Å². The Labute approximate surface area is 118 Å². The lowest BCUT2D eigenvalue weighted by Gasteiger charge is -2.32. The lowest BCUT2D eigenvalue weighted by molar-refractivity contribution is -0.376. The average Bonchev–Trinajstić information content (AvgIpc) is 2.23. The summed E-state index contributed by atoms with van der Waals surface area (Å²) in [6.45, 7) is 5.67. The maximum absolute atomic E-state index is 12.7. The molecule has 0 saturated heterocycles. The van der Waals surface area contributed by atoms with Crippen LogP contribution in [0.2, 0.25) is 0 Å². The van der Waals surface area contributed by atoms with Gasteiger partial charge in [0.25, 0.3) is 5.60 Å². The van der Waals surface area contributed by atoms with Crippen molar-refractivity contribution in [1.82, 2.24) is 0 Å². The Morgan fingerprint density at radius 3 is 1.48 bits per heavy atom. The Kier molecular flexibility index (Phi) is 4.40. The highest BCUT2D eigenvalue weighted by Crippen LogP contribution is 2.49. The summed E-state index contributed by atoms with van der Waals surface area (Å²) in [5.41, 5.74) is -5.66. The summed E-state index contributed by atoms with van der Waals surface area (Å²) < 4.78 is 76.1. The van der Waals surface area contributed by atoms with E-state index in [0.717, 1.165) is 0 Å². The minimum absolute atomic E-state index is 0.161. The first-order valence-corrected chi connectivity index (χ1v) is 6.14. The van der Waals surface area contributed by atoms with Crippen LogP contribution < -0.4 is 0 Å². The highest BCUT2D eigenvalue weighted by atomic mass is 19.4. The first-order chi connectivity index (χ1) is 9.18. The monoisotopic (exact) mass is 314 g/mol. The molecule has 0 unspecified atom stereocenters. The lowest BCUT2D eigenvalue weighted by atomic mass is 9.86. The zero-order valence-corrected chi connectivity index (χ0v) is 11.7. The maximum Gasteiger partial charge on any atom is 0.430 e. The molecule has 1 aromatic rings. The molecule has 0 fully saturated rings. The summed E-state index contributed by atoms with van der Waals surface area (Å²) in [4.78, 5) is 0. The third-order valence-electron chi connectivity index (χ3n) is 2.93. The van der Waals surface area contributed by atoms with Crippen LogP contribution >= 0.6 is 0 Å². The fraction of sp³-hybridized carbons (Fsp3) is 0.571. The van der Waals surface area contributed by atoms with Crippen LogP contribution in [-0.2, 0) is 12.0 Å². The van der Waals surface area contributed by atoms with Gasteiger partial charge in [0.15, 0.2) is 0 Å². The van der Waals surface area contributed by atoms with E-state index in [1.807, 2.05) is 20.8 Å². The number of aliphatic hydroxyl groups is 1. The summed E-state index contributed by atoms with van der Waals surface area (Å²) in [7, 11) is 0. The van der Waals surface area contributed by atoms with Gasteiger partial charge in [-0.1, -0.05) is 45.0 Å². The third kappa shape index (κ3) is 3.70. The Balaban J connectivity index is 3.24. The van der Waals surface area contributed by atoms with Crippen molar-refractivity contribution >= 4 is 0 Å². The number of hydrogen-bond acceptors (Lipinski definition) is 1. The summed E-state index contributed by atoms with van der Waals surface area (Å²) in [6, 6.07) is 3.68. The molecule has 0 saturated carbocycles. The van der Waals surface area contributed by atoms with E-state index in [1.165, 1.54) is 12.1 Å². The number of hydrogen-bond donors (Lipinski definition) is 1. The zero-order valence-electron chi connectivity index (χ0n) is 11.7. The van der Waals surface area contributed by atoms with Crippen LogP contribution in [-0.4, -0.2) is 17.5 Å². The Morgan fingerprint density at radius 1 is 0.810 bits per heavy atom. The van der Waals surface area contributed by atoms with Crippen LogP contribution in [0.1, 0.15) is 31.9 Å². The van der Waals surface area contributed by atoms with Crippen LogP contribution in [0.4, 0.5) is 26.3 Å². The summed E-state index contributed by atoms with van der Waals surface area (Å²) in [6.07, 6.45) is -11.2. The molecular weight excluding hydrogens is 298 g/mol. The highest BCUT2D eigenvalue weighted by Gasteiger charge is 2.71. The molecule has 120 valence electrons. The van der Waals surface area contributed by atoms with Crippen molar-refractivity contribution in [2.24, 2.45) is 5.41 Å². The second-order valence-electron chi connectivity index (χ2n) is 6.14. The molecule has 0 radical (unpaired) electrons. The normalized spacial score (nSPS) is 14.4. The summed E-state index contributed by atoms with van der Waals surface area (Å²) in [5.74, 6) is 0. The topological polar surface area (TPSA) is 20.2 Å². The van der Waals surface area contributed by atoms with Crippen LogP contribution in [0.5, 0.6) is 0 Å². The van der Waals surface area contributed by atoms with Gasteiger partial charge in [-0.15, -0.1) is 0 Å². The minimum Gasteiger partial charge on any atom is -0.369 e. The Morgan fingerprint density at radius 2 is 1.19 bits per heavy atom. The predicted molar refractivity (Wildman–Crippen MR) is 65.6 cm³/mol. The van der Waals surface area contributed by atoms with Gasteiger partial charge < -0.3 is 5.11 Å². The van der Waals surface area contributed by atoms with Crippen LogP contribution in [0.15, 0.2) is 24.3 Å². The SMILES string of the molecule is CC(C)(C)Cc1ccc(C(O)(C(F)(F)F)C(F)(F)F)cc1. The van der Waals surface area contributed by atoms with Crippen molar-refractivity contribution in [3.63, 3.8) is 0 Å². The van der Waals surface area contributed by atoms with Crippen molar-refractivity contribution in [2.45, 2.75) is 45.1 Å². The summed E-state index contributed by atoms with van der Waals surface area (Å²) >= 11 is 0. The van der Waals surface area contributed by atoms with E-state index in [-0.39, 0.29) is 5.41 Å². The van der Waals surface area contributed by atoms with Gasteiger partial charge in [0.05, 0.1) is 0 Å². The molecule has 0 aromatic heterocycles. The van der Waals surface area contributed by atoms with Gasteiger partial charge in [0.1, 0.15) is 0 Å². The van der Waals surface area contributed by atoms with E-state index >= 15 is 0 Å². The fourth-order valence-electron chi connectivity index (χ4n) is 1.96. The van der Waals surface area contributed by atoms with Gasteiger partial charge in [0, 0.05) is 5.56 Å². The molecule has 1 aromatic carbocycles. The van der Waals surface area contributed by atoms with Crippen LogP contribution in [0.3, 0.4) is 0 Å². The number of halogens is 6. The first kappa shape index (κ1) is 17.8. The van der Waals surface area contributed by atoms with E-state index in [0.29, 0.717) is 24.1 Å². The van der Waals surface area contributed by atoms with E-state index in [9.17, 15) is 31.4 Å². The molecule has 0 aliphatic rings. The maximum atomic E-state index is 12.7. The van der Waals surface area contributed by atoms with Gasteiger partial charge in [-0.2, -0.15) is 26.3 Å². The van der Waals surface area contributed by atoms with Crippen LogP contribution in [0.25, 0.3) is 0 Å². The lowest BCUT2D eigenvalue weighted by Crippen LogP contribution is -2.53. The minimum atomic E-state index is -5.85. The predicted octanol–water partition coefficient (Wildman–Crippen LogP) is 4.59. The smallest absolute Gasteiger partial charge is 0.369 e. The van der Waals surface area contributed by atoms with Gasteiger partial charge >= 0.3 is 12.4 Å². The Bertz CT molecular complexity index is 464. The van der Waals surface area contributed by atoms with Crippen molar-refractivity contribution in [3.05, 3.63) is 35.4 Å². The number of benzene rings is 1. The molecule has 21 heavy (non-hydrogen) atoms. The van der Waals surface area contributed by atoms with E-state index in [4.69, 9.17) is 0 Å². The summed E-state index contributed by atoms with van der Waals surface area (Å²) in [5, 5.41) is 9.23. The molecule has 7 heteroatoms. The molecule has 1 nitrogen and oxygen atoms in total. The molecule has 0 heterocycles. The van der Waals surface area contributed by atoms with Crippen molar-refractivity contribution < 1.29 is 31.4 Å². The zero-order chi connectivity index (χ0) is 16.7. The second kappa shape index (κ2) is 5.19. The van der Waals surface area contributed by atoms with Crippen molar-refractivity contribution in [2.75, 3.05) is 0 Å². The second-order valence-corrected chi connectivity index (χ2v) is 6.14. The molecule has 1 rings (SSSR count). The largest absolute Gasteiger partial charge is 0.430 e. The molecule has 0 bridgehead atoms. The standard InChI is InChI=1S/C14H16F6O/c1-11(2,3)8-9-4-6-10(7-5-9)12(21,13(15,16)17)14(18,19)20/h4-7,21H,8H2,1-3H3. The van der Waals surface area contributed by atoms with Crippen molar-refractivity contribution in [3.8, 4) is 0 Å². The molecule has 0 aliphatic heterocycles. The average molecular weight is 314 g/mol. The highest BCUT2D eigenvalue weighted by molar-refractivity contribution is 5.30. The van der Waals surface area contributed by atoms with E-state index in [2.05, 4.69) is 0 Å². The van der Waals surface area contributed by atoms with Crippen molar-refractivity contribution in [1.29, 1.82) is 0 Å². The molecule has 1 N–H and O–H groups in total. The molecule has 0 spiro atoms. The van der Waals surface area contributed by atoms with Gasteiger partial charge in [-0.05, 0) is 17.4 Å². The third-order valence-corrected chi connectivity index (χ3v) is 2.93. The molecule has 0 amide bonds. The Hall–Kier alpha value is -1.24. The fourth-order valence-corrected chi connectivity index (χ4v) is 1.96. The van der Waals surface area contributed by atoms with Gasteiger partial charge in [-0.25, -0.2) is 0 Å². The van der Waals surface area contributed by atoms with E-state index in [1.54, 1.807) is 0 Å². The van der Waals surface area contributed by atoms with Crippen LogP contribution in [0, 0.1) is 5.41 Å². The molecule has 0 aliphatic carbocycles. The quantitative estimate of drug-likeness (QED) is 0.792. The number of alkyl halides is 6. The number of rotatable bonds is 2. The molecule has 0 atom stereocenters. The van der Waals surface area contributed by atoms with Gasteiger partial charge in [0.2, 0.25) is 0 Å². The first-order valence-electron chi connectivity index (χ1n) is 6.14.